The number of furan rings is 1. The summed E-state index contributed by atoms with van der Waals surface area (Å²) in [6.07, 6.45) is 4.90. The van der Waals surface area contributed by atoms with Crippen LogP contribution in [0.3, 0.4) is 0 Å². The predicted octanol–water partition coefficient (Wildman–Crippen LogP) is 5.82. The Bertz CT molecular complexity index is 1120. The number of aromatic nitrogens is 1. The van der Waals surface area contributed by atoms with E-state index in [2.05, 4.69) is 35.4 Å². The number of rotatable bonds is 7. The Hall–Kier alpha value is -2.98. The third-order valence-corrected chi connectivity index (χ3v) is 5.51. The van der Waals surface area contributed by atoms with Crippen molar-refractivity contribution in [2.45, 2.75) is 32.2 Å². The van der Waals surface area contributed by atoms with E-state index in [1.54, 1.807) is 6.26 Å². The number of amides is 1. The van der Waals surface area contributed by atoms with Gasteiger partial charge in [-0.2, -0.15) is 0 Å². The van der Waals surface area contributed by atoms with Crippen molar-refractivity contribution in [1.29, 1.82) is 0 Å². The Kier molecular flexibility index (Phi) is 5.72. The second-order valence-electron chi connectivity index (χ2n) is 7.11. The summed E-state index contributed by atoms with van der Waals surface area (Å²) >= 11 is 6.26. The van der Waals surface area contributed by atoms with Gasteiger partial charge >= 0.3 is 0 Å². The number of fused-ring (bicyclic) bond motifs is 1. The van der Waals surface area contributed by atoms with E-state index in [0.29, 0.717) is 18.0 Å². The zero-order valence-corrected chi connectivity index (χ0v) is 17.0. The first-order valence-electron chi connectivity index (χ1n) is 9.79. The van der Waals surface area contributed by atoms with Crippen molar-refractivity contribution in [3.8, 4) is 0 Å². The third kappa shape index (κ3) is 4.22. The highest BCUT2D eigenvalue weighted by Gasteiger charge is 2.22. The van der Waals surface area contributed by atoms with Crippen LogP contribution >= 0.6 is 11.6 Å². The molecule has 0 radical (unpaired) electrons. The Morgan fingerprint density at radius 2 is 2.03 bits per heavy atom. The summed E-state index contributed by atoms with van der Waals surface area (Å²) in [5.74, 6) is 0.593. The summed E-state index contributed by atoms with van der Waals surface area (Å²) in [5, 5.41) is 4.77. The first kappa shape index (κ1) is 19.3. The van der Waals surface area contributed by atoms with E-state index in [0.717, 1.165) is 34.2 Å². The molecule has 2 N–H and O–H groups in total. The van der Waals surface area contributed by atoms with Gasteiger partial charge in [0.1, 0.15) is 5.76 Å². The molecule has 4 rings (SSSR count). The van der Waals surface area contributed by atoms with Crippen LogP contribution in [0, 0.1) is 0 Å². The monoisotopic (exact) mass is 406 g/mol. The molecule has 1 amide bonds. The van der Waals surface area contributed by atoms with E-state index < -0.39 is 0 Å². The summed E-state index contributed by atoms with van der Waals surface area (Å²) in [6.45, 7) is 2.52. The minimum absolute atomic E-state index is 0.0348. The van der Waals surface area contributed by atoms with Crippen LogP contribution in [0.1, 0.15) is 41.7 Å². The number of H-pyrrole nitrogens is 1. The van der Waals surface area contributed by atoms with Crippen LogP contribution in [0.25, 0.3) is 10.9 Å². The molecule has 0 aliphatic heterocycles. The number of para-hydroxylation sites is 1. The maximum absolute atomic E-state index is 12.8. The molecule has 29 heavy (non-hydrogen) atoms. The molecule has 0 aliphatic rings. The molecule has 4 aromatic rings. The van der Waals surface area contributed by atoms with Gasteiger partial charge in [-0.1, -0.05) is 48.9 Å². The number of hydrogen-bond acceptors (Lipinski definition) is 2. The molecular formula is C24H23ClN2O2. The molecular weight excluding hydrogens is 384 g/mol. The summed E-state index contributed by atoms with van der Waals surface area (Å²) in [4.78, 5) is 16.2. The number of aryl methyl sites for hydroxylation is 1. The van der Waals surface area contributed by atoms with E-state index in [9.17, 15) is 4.79 Å². The maximum Gasteiger partial charge on any atom is 0.221 e. The molecule has 0 saturated carbocycles. The Morgan fingerprint density at radius 3 is 2.79 bits per heavy atom. The SMILES string of the molecule is CCc1cccc2c([C@H](CC(=O)NCc3ccco3)c3cccc(Cl)c3)c[nH]c12. The number of carbonyl (C=O) groups is 1. The van der Waals surface area contributed by atoms with Crippen molar-refractivity contribution in [2.24, 2.45) is 0 Å². The molecule has 0 fully saturated rings. The first-order chi connectivity index (χ1) is 14.2. The summed E-state index contributed by atoms with van der Waals surface area (Å²) in [6, 6.07) is 17.7. The fourth-order valence-corrected chi connectivity index (χ4v) is 4.01. The van der Waals surface area contributed by atoms with Crippen molar-refractivity contribution in [3.05, 3.63) is 94.5 Å². The number of carbonyl (C=O) groups excluding carboxylic acids is 1. The number of halogens is 1. The van der Waals surface area contributed by atoms with Gasteiger partial charge in [-0.25, -0.2) is 0 Å². The maximum atomic E-state index is 12.8. The smallest absolute Gasteiger partial charge is 0.221 e. The van der Waals surface area contributed by atoms with E-state index in [-0.39, 0.29) is 11.8 Å². The third-order valence-electron chi connectivity index (χ3n) is 5.27. The van der Waals surface area contributed by atoms with Gasteiger partial charge in [0.15, 0.2) is 0 Å². The minimum atomic E-state index is -0.105. The zero-order chi connectivity index (χ0) is 20.2. The molecule has 4 nitrogen and oxygen atoms in total. The molecule has 1 atom stereocenters. The van der Waals surface area contributed by atoms with Crippen molar-refractivity contribution in [1.82, 2.24) is 10.3 Å². The average molecular weight is 407 g/mol. The lowest BCUT2D eigenvalue weighted by Gasteiger charge is -2.17. The highest BCUT2D eigenvalue weighted by atomic mass is 35.5. The van der Waals surface area contributed by atoms with Crippen LogP contribution < -0.4 is 5.32 Å². The number of nitrogens with one attached hydrogen (secondary N) is 2. The molecule has 0 unspecified atom stereocenters. The van der Waals surface area contributed by atoms with E-state index >= 15 is 0 Å². The van der Waals surface area contributed by atoms with Crippen LogP contribution in [0.5, 0.6) is 0 Å². The largest absolute Gasteiger partial charge is 0.467 e. The molecule has 0 spiro atoms. The fourth-order valence-electron chi connectivity index (χ4n) is 3.81. The Morgan fingerprint density at radius 1 is 1.17 bits per heavy atom. The Balaban J connectivity index is 1.67. The molecule has 2 heterocycles. The average Bonchev–Trinajstić information content (AvgIpc) is 3.40. The molecule has 0 bridgehead atoms. The van der Waals surface area contributed by atoms with E-state index in [1.807, 2.05) is 42.6 Å². The standard InChI is InChI=1S/C24H23ClN2O2/c1-2-16-6-4-10-20-22(15-27-24(16)20)21(17-7-3-8-18(25)12-17)13-23(28)26-14-19-9-5-11-29-19/h3-12,15,21,27H,2,13-14H2,1H3,(H,26,28)/t21-/m1/s1. The lowest BCUT2D eigenvalue weighted by molar-refractivity contribution is -0.121. The highest BCUT2D eigenvalue weighted by Crippen LogP contribution is 2.35. The summed E-state index contributed by atoms with van der Waals surface area (Å²) in [7, 11) is 0. The predicted molar refractivity (Wildman–Crippen MR) is 116 cm³/mol. The van der Waals surface area contributed by atoms with Gasteiger partial charge in [-0.15, -0.1) is 0 Å². The highest BCUT2D eigenvalue weighted by molar-refractivity contribution is 6.30. The van der Waals surface area contributed by atoms with Gasteiger partial charge in [0.2, 0.25) is 5.91 Å². The van der Waals surface area contributed by atoms with Gasteiger partial charge in [0.05, 0.1) is 12.8 Å². The van der Waals surface area contributed by atoms with Gasteiger partial charge in [0, 0.05) is 34.5 Å². The van der Waals surface area contributed by atoms with Crippen LogP contribution in [-0.2, 0) is 17.8 Å². The van der Waals surface area contributed by atoms with Gasteiger partial charge in [-0.05, 0) is 47.4 Å². The van der Waals surface area contributed by atoms with Crippen LogP contribution in [0.2, 0.25) is 5.02 Å². The van der Waals surface area contributed by atoms with Crippen molar-refractivity contribution < 1.29 is 9.21 Å². The molecule has 0 saturated heterocycles. The molecule has 2 aromatic heterocycles. The van der Waals surface area contributed by atoms with Crippen molar-refractivity contribution in [3.63, 3.8) is 0 Å². The van der Waals surface area contributed by atoms with Gasteiger partial charge in [-0.3, -0.25) is 4.79 Å². The molecule has 2 aromatic carbocycles. The quantitative estimate of drug-likeness (QED) is 0.406. The van der Waals surface area contributed by atoms with Crippen LogP contribution in [0.15, 0.2) is 71.5 Å². The summed E-state index contributed by atoms with van der Waals surface area (Å²) in [5.41, 5.74) is 4.52. The Labute approximate surface area is 174 Å². The first-order valence-corrected chi connectivity index (χ1v) is 10.2. The molecule has 5 heteroatoms. The minimum Gasteiger partial charge on any atom is -0.467 e. The number of aromatic amines is 1. The normalized spacial score (nSPS) is 12.2. The van der Waals surface area contributed by atoms with Gasteiger partial charge < -0.3 is 14.7 Å². The van der Waals surface area contributed by atoms with Crippen molar-refractivity contribution >= 4 is 28.4 Å². The topological polar surface area (TPSA) is 58.0 Å². The van der Waals surface area contributed by atoms with E-state index in [4.69, 9.17) is 16.0 Å². The van der Waals surface area contributed by atoms with Crippen LogP contribution in [0.4, 0.5) is 0 Å². The number of benzene rings is 2. The van der Waals surface area contributed by atoms with E-state index in [1.165, 1.54) is 5.56 Å². The second kappa shape index (κ2) is 8.58. The number of hydrogen-bond donors (Lipinski definition) is 2. The summed E-state index contributed by atoms with van der Waals surface area (Å²) < 4.78 is 5.31. The fraction of sp³-hybridized carbons (Fsp3) is 0.208. The zero-order valence-electron chi connectivity index (χ0n) is 16.2. The second-order valence-corrected chi connectivity index (χ2v) is 7.54. The lowest BCUT2D eigenvalue weighted by Crippen LogP contribution is -2.24. The van der Waals surface area contributed by atoms with Gasteiger partial charge in [0.25, 0.3) is 0 Å². The van der Waals surface area contributed by atoms with Crippen LogP contribution in [-0.4, -0.2) is 10.9 Å². The molecule has 148 valence electrons. The van der Waals surface area contributed by atoms with Crippen molar-refractivity contribution in [2.75, 3.05) is 0 Å². The lowest BCUT2D eigenvalue weighted by atomic mass is 9.87. The molecule has 0 aliphatic carbocycles.